The summed E-state index contributed by atoms with van der Waals surface area (Å²) in [6, 6.07) is 0. The first-order chi connectivity index (χ1) is 6.56. The molecule has 1 atom stereocenters. The average Bonchev–Trinajstić information content (AvgIpc) is 2.13. The van der Waals surface area contributed by atoms with Crippen LogP contribution in [0.5, 0.6) is 0 Å². The Kier molecular flexibility index (Phi) is 7.09. The number of rotatable bonds is 7. The van der Waals surface area contributed by atoms with Crippen molar-refractivity contribution in [3.05, 3.63) is 31.2 Å². The Bertz CT molecular complexity index is 213. The number of hydrogen-bond acceptors (Lipinski definition) is 1. The predicted molar refractivity (Wildman–Crippen MR) is 62.0 cm³/mol. The molecule has 14 heavy (non-hydrogen) atoms. The second-order valence-corrected chi connectivity index (χ2v) is 3.88. The van der Waals surface area contributed by atoms with E-state index < -0.39 is 0 Å². The monoisotopic (exact) mass is 193 g/mol. The summed E-state index contributed by atoms with van der Waals surface area (Å²) in [4.78, 5) is 10.6. The molecule has 0 N–H and O–H groups in total. The van der Waals surface area contributed by atoms with E-state index in [1.807, 2.05) is 6.08 Å². The van der Waals surface area contributed by atoms with Crippen molar-refractivity contribution in [1.29, 1.82) is 0 Å². The summed E-state index contributed by atoms with van der Waals surface area (Å²) < 4.78 is 0. The van der Waals surface area contributed by atoms with E-state index in [4.69, 9.17) is 0 Å². The molecule has 1 radical (unpaired) electrons. The van der Waals surface area contributed by atoms with E-state index in [-0.39, 0.29) is 5.78 Å². The zero-order valence-electron chi connectivity index (χ0n) is 9.38. The second-order valence-electron chi connectivity index (χ2n) is 3.88. The van der Waals surface area contributed by atoms with Gasteiger partial charge in [-0.15, -0.1) is 6.58 Å². The minimum atomic E-state index is 0.0218. The van der Waals surface area contributed by atoms with Crippen LogP contribution < -0.4 is 0 Å². The third-order valence-electron chi connectivity index (χ3n) is 2.31. The Morgan fingerprint density at radius 3 is 2.57 bits per heavy atom. The van der Waals surface area contributed by atoms with Gasteiger partial charge in [0.05, 0.1) is 0 Å². The van der Waals surface area contributed by atoms with Crippen LogP contribution in [0.3, 0.4) is 0 Å². The Balaban J connectivity index is 3.66. The molecule has 1 nitrogen and oxygen atoms in total. The zero-order valence-corrected chi connectivity index (χ0v) is 9.38. The summed E-state index contributed by atoms with van der Waals surface area (Å²) >= 11 is 0. The maximum absolute atomic E-state index is 10.6. The highest BCUT2D eigenvalue weighted by Gasteiger charge is 1.97. The smallest absolute Gasteiger partial charge is 0.133 e. The maximum atomic E-state index is 10.6. The van der Waals surface area contributed by atoms with Crippen molar-refractivity contribution in [3.8, 4) is 0 Å². The number of Topliss-reactive ketones (excluding diaryl/α,β-unsaturated/α-hetero) is 1. The van der Waals surface area contributed by atoms with Gasteiger partial charge in [0, 0.05) is 13.3 Å². The number of carbonyl (C=O) groups is 1. The first kappa shape index (κ1) is 13.2. The predicted octanol–water partition coefficient (Wildman–Crippen LogP) is 3.72. The summed E-state index contributed by atoms with van der Waals surface area (Å²) in [6.45, 7) is 11.4. The molecule has 0 aromatic heterocycles. The molecule has 0 saturated carbocycles. The van der Waals surface area contributed by atoms with Crippen molar-refractivity contribution in [2.24, 2.45) is 5.92 Å². The molecule has 0 saturated heterocycles. The van der Waals surface area contributed by atoms with Crippen LogP contribution in [0.25, 0.3) is 0 Å². The summed E-state index contributed by atoms with van der Waals surface area (Å²) in [7, 11) is 0. The van der Waals surface area contributed by atoms with Crippen LogP contribution in [0, 0.1) is 12.8 Å². The normalized spacial score (nSPS) is 13.8. The molecular weight excluding hydrogens is 172 g/mol. The van der Waals surface area contributed by atoms with Crippen molar-refractivity contribution in [1.82, 2.24) is 0 Å². The lowest BCUT2D eigenvalue weighted by Crippen LogP contribution is -1.91. The van der Waals surface area contributed by atoms with Gasteiger partial charge >= 0.3 is 0 Å². The second kappa shape index (κ2) is 7.54. The molecule has 79 valence electrons. The SMILES string of the molecule is [CH2]C(=O)CCC=C(C)CCC(C)C=C. The van der Waals surface area contributed by atoms with Gasteiger partial charge in [0.15, 0.2) is 0 Å². The lowest BCUT2D eigenvalue weighted by molar-refractivity contribution is -0.114. The standard InChI is InChI=1S/C13H21O/c1-5-11(2)9-10-12(3)7-6-8-13(4)14/h5,7,11H,1,4,6,8-10H2,2-3H3. The van der Waals surface area contributed by atoms with Gasteiger partial charge < -0.3 is 0 Å². The number of allylic oxidation sites excluding steroid dienone is 3. The van der Waals surface area contributed by atoms with Crippen molar-refractivity contribution in [2.75, 3.05) is 0 Å². The molecular formula is C13H21O. The van der Waals surface area contributed by atoms with Crippen LogP contribution in [0.4, 0.5) is 0 Å². The van der Waals surface area contributed by atoms with E-state index in [1.54, 1.807) is 0 Å². The van der Waals surface area contributed by atoms with Crippen molar-refractivity contribution < 1.29 is 4.79 Å². The highest BCUT2D eigenvalue weighted by molar-refractivity contribution is 5.82. The summed E-state index contributed by atoms with van der Waals surface area (Å²) in [5, 5.41) is 0. The van der Waals surface area contributed by atoms with Gasteiger partial charge in [-0.25, -0.2) is 0 Å². The van der Waals surface area contributed by atoms with Gasteiger partial charge in [-0.1, -0.05) is 24.6 Å². The van der Waals surface area contributed by atoms with Gasteiger partial charge in [0.2, 0.25) is 0 Å². The first-order valence-electron chi connectivity index (χ1n) is 5.19. The molecule has 0 aliphatic rings. The minimum absolute atomic E-state index is 0.0218. The molecule has 0 aliphatic heterocycles. The van der Waals surface area contributed by atoms with Crippen molar-refractivity contribution >= 4 is 5.78 Å². The van der Waals surface area contributed by atoms with Crippen molar-refractivity contribution in [2.45, 2.75) is 39.5 Å². The summed E-state index contributed by atoms with van der Waals surface area (Å²) in [5.41, 5.74) is 1.36. The molecule has 0 amide bonds. The van der Waals surface area contributed by atoms with Crippen LogP contribution in [-0.4, -0.2) is 5.78 Å². The van der Waals surface area contributed by atoms with Gasteiger partial charge in [0.1, 0.15) is 5.78 Å². The lowest BCUT2D eigenvalue weighted by Gasteiger charge is -2.05. The third kappa shape index (κ3) is 7.78. The zero-order chi connectivity index (χ0) is 11.0. The first-order valence-corrected chi connectivity index (χ1v) is 5.19. The Labute approximate surface area is 87.9 Å². The third-order valence-corrected chi connectivity index (χ3v) is 2.31. The van der Waals surface area contributed by atoms with E-state index in [0.29, 0.717) is 12.3 Å². The van der Waals surface area contributed by atoms with Gasteiger partial charge in [-0.2, -0.15) is 0 Å². The van der Waals surface area contributed by atoms with E-state index in [9.17, 15) is 4.79 Å². The fourth-order valence-electron chi connectivity index (χ4n) is 1.15. The largest absolute Gasteiger partial charge is 0.300 e. The van der Waals surface area contributed by atoms with Gasteiger partial charge in [-0.05, 0) is 32.1 Å². The Morgan fingerprint density at radius 2 is 2.07 bits per heavy atom. The molecule has 1 heteroatoms. The molecule has 0 aromatic carbocycles. The lowest BCUT2D eigenvalue weighted by atomic mass is 10.0. The van der Waals surface area contributed by atoms with Crippen molar-refractivity contribution in [3.63, 3.8) is 0 Å². The van der Waals surface area contributed by atoms with Gasteiger partial charge in [0.25, 0.3) is 0 Å². The van der Waals surface area contributed by atoms with Crippen LogP contribution in [0.15, 0.2) is 24.3 Å². The number of carbonyl (C=O) groups excluding carboxylic acids is 1. The minimum Gasteiger partial charge on any atom is -0.300 e. The fraction of sp³-hybridized carbons (Fsp3) is 0.538. The molecule has 0 fully saturated rings. The number of hydrogen-bond donors (Lipinski definition) is 0. The van der Waals surface area contributed by atoms with Crippen LogP contribution in [-0.2, 0) is 4.79 Å². The fourth-order valence-corrected chi connectivity index (χ4v) is 1.15. The molecule has 0 rings (SSSR count). The van der Waals surface area contributed by atoms with Gasteiger partial charge in [-0.3, -0.25) is 4.79 Å². The quantitative estimate of drug-likeness (QED) is 0.563. The van der Waals surface area contributed by atoms with Crippen LogP contribution >= 0.6 is 0 Å². The topological polar surface area (TPSA) is 17.1 Å². The summed E-state index contributed by atoms with van der Waals surface area (Å²) in [5.74, 6) is 0.598. The van der Waals surface area contributed by atoms with Crippen LogP contribution in [0.2, 0.25) is 0 Å². The van der Waals surface area contributed by atoms with Crippen LogP contribution in [0.1, 0.15) is 39.5 Å². The average molecular weight is 193 g/mol. The highest BCUT2D eigenvalue weighted by atomic mass is 16.1. The molecule has 0 aliphatic carbocycles. The Morgan fingerprint density at radius 1 is 1.43 bits per heavy atom. The van der Waals surface area contributed by atoms with E-state index in [2.05, 4.69) is 33.4 Å². The molecule has 0 heterocycles. The van der Waals surface area contributed by atoms with E-state index in [0.717, 1.165) is 19.3 Å². The highest BCUT2D eigenvalue weighted by Crippen LogP contribution is 2.13. The van der Waals surface area contributed by atoms with E-state index in [1.165, 1.54) is 5.57 Å². The molecule has 0 spiro atoms. The maximum Gasteiger partial charge on any atom is 0.133 e. The molecule has 0 bridgehead atoms. The Hall–Kier alpha value is -0.850. The summed E-state index contributed by atoms with van der Waals surface area (Å²) in [6.07, 6.45) is 7.75. The van der Waals surface area contributed by atoms with E-state index >= 15 is 0 Å². The number of ketones is 1. The molecule has 1 unspecified atom stereocenters. The molecule has 0 aromatic rings.